The van der Waals surface area contributed by atoms with Gasteiger partial charge < -0.3 is 15.5 Å². The van der Waals surface area contributed by atoms with Crippen LogP contribution in [-0.4, -0.2) is 42.9 Å². The van der Waals surface area contributed by atoms with E-state index in [4.69, 9.17) is 0 Å². The van der Waals surface area contributed by atoms with Crippen LogP contribution in [-0.2, 0) is 6.54 Å². The molecule has 25 heavy (non-hydrogen) atoms. The van der Waals surface area contributed by atoms with Crippen molar-refractivity contribution in [1.82, 2.24) is 15.5 Å². The van der Waals surface area contributed by atoms with Crippen molar-refractivity contribution in [3.63, 3.8) is 0 Å². The molecule has 0 radical (unpaired) electrons. The van der Waals surface area contributed by atoms with E-state index in [-0.39, 0.29) is 29.9 Å². The number of halogens is 1. The van der Waals surface area contributed by atoms with Gasteiger partial charge in [0, 0.05) is 38.3 Å². The average molecular weight is 456 g/mol. The van der Waals surface area contributed by atoms with Gasteiger partial charge in [0.2, 0.25) is 0 Å². The molecule has 6 heteroatoms. The molecule has 1 aromatic carbocycles. The summed E-state index contributed by atoms with van der Waals surface area (Å²) in [5.74, 6) is 0.901. The fourth-order valence-corrected chi connectivity index (χ4v) is 2.77. The minimum atomic E-state index is 0. The molecule has 1 aromatic rings. The highest BCUT2D eigenvalue weighted by atomic mass is 127. The number of aliphatic imine (C=N–C) groups is 1. The Hall–Kier alpha value is -1.57. The average Bonchev–Trinajstić information content (AvgIpc) is 3.13. The van der Waals surface area contributed by atoms with Crippen LogP contribution in [0.4, 0.5) is 0 Å². The molecular weight excluding hydrogens is 427 g/mol. The number of guanidine groups is 1. The van der Waals surface area contributed by atoms with E-state index in [0.717, 1.165) is 43.0 Å². The summed E-state index contributed by atoms with van der Waals surface area (Å²) in [6.45, 7) is 6.14. The molecule has 0 aliphatic heterocycles. The summed E-state index contributed by atoms with van der Waals surface area (Å²) in [5, 5.41) is 6.73. The van der Waals surface area contributed by atoms with Crippen molar-refractivity contribution in [2.75, 3.05) is 20.1 Å². The number of hydrogen-bond acceptors (Lipinski definition) is 2. The zero-order valence-corrected chi connectivity index (χ0v) is 17.6. The van der Waals surface area contributed by atoms with E-state index in [1.54, 1.807) is 7.05 Å². The van der Waals surface area contributed by atoms with E-state index in [1.165, 1.54) is 0 Å². The smallest absolute Gasteiger partial charge is 0.253 e. The molecule has 0 aromatic heterocycles. The zero-order valence-electron chi connectivity index (χ0n) is 15.3. The predicted octanol–water partition coefficient (Wildman–Crippen LogP) is 3.17. The Morgan fingerprint density at radius 1 is 1.16 bits per heavy atom. The Labute approximate surface area is 168 Å². The van der Waals surface area contributed by atoms with Crippen molar-refractivity contribution in [1.29, 1.82) is 0 Å². The second kappa shape index (κ2) is 11.1. The van der Waals surface area contributed by atoms with Gasteiger partial charge in [0.05, 0.1) is 0 Å². The number of hydrogen-bond donors (Lipinski definition) is 2. The molecule has 0 bridgehead atoms. The quantitative estimate of drug-likeness (QED) is 0.299. The number of nitrogens with one attached hydrogen (secondary N) is 2. The number of amides is 1. The largest absolute Gasteiger partial charge is 0.353 e. The van der Waals surface area contributed by atoms with Crippen LogP contribution in [0, 0.1) is 0 Å². The van der Waals surface area contributed by atoms with Gasteiger partial charge in [-0.05, 0) is 44.4 Å². The minimum absolute atomic E-state index is 0. The molecule has 0 unspecified atom stereocenters. The van der Waals surface area contributed by atoms with Gasteiger partial charge in [-0.25, -0.2) is 0 Å². The Morgan fingerprint density at radius 2 is 1.76 bits per heavy atom. The van der Waals surface area contributed by atoms with Crippen LogP contribution in [0.15, 0.2) is 41.4 Å². The molecule has 0 spiro atoms. The van der Waals surface area contributed by atoms with Gasteiger partial charge in [0.1, 0.15) is 0 Å². The maximum absolute atomic E-state index is 12.3. The van der Waals surface area contributed by atoms with Crippen molar-refractivity contribution in [3.05, 3.63) is 47.5 Å². The molecule has 1 amide bonds. The van der Waals surface area contributed by atoms with Gasteiger partial charge in [-0.2, -0.15) is 0 Å². The lowest BCUT2D eigenvalue weighted by Gasteiger charge is -2.19. The molecule has 138 valence electrons. The maximum Gasteiger partial charge on any atom is 0.253 e. The lowest BCUT2D eigenvalue weighted by molar-refractivity contribution is 0.0773. The Morgan fingerprint density at radius 3 is 2.28 bits per heavy atom. The highest BCUT2D eigenvalue weighted by molar-refractivity contribution is 14.0. The molecule has 0 fully saturated rings. The summed E-state index contributed by atoms with van der Waals surface area (Å²) in [6, 6.07) is 8.22. The lowest BCUT2D eigenvalue weighted by atomic mass is 10.1. The molecule has 2 rings (SSSR count). The minimum Gasteiger partial charge on any atom is -0.353 e. The van der Waals surface area contributed by atoms with Gasteiger partial charge in [-0.15, -0.1) is 24.0 Å². The van der Waals surface area contributed by atoms with Crippen LogP contribution in [0.25, 0.3) is 0 Å². The topological polar surface area (TPSA) is 56.7 Å². The number of benzene rings is 1. The van der Waals surface area contributed by atoms with E-state index in [0.29, 0.717) is 12.6 Å². The van der Waals surface area contributed by atoms with Crippen LogP contribution >= 0.6 is 24.0 Å². The van der Waals surface area contributed by atoms with Crippen LogP contribution < -0.4 is 10.6 Å². The first-order valence-corrected chi connectivity index (χ1v) is 8.68. The van der Waals surface area contributed by atoms with Gasteiger partial charge in [0.15, 0.2) is 5.96 Å². The van der Waals surface area contributed by atoms with Crippen LogP contribution in [0.2, 0.25) is 0 Å². The summed E-state index contributed by atoms with van der Waals surface area (Å²) < 4.78 is 0. The Balaban J connectivity index is 0.00000312. The first-order valence-electron chi connectivity index (χ1n) is 8.68. The normalized spacial score (nSPS) is 14.1. The third-order valence-electron chi connectivity index (χ3n) is 4.28. The zero-order chi connectivity index (χ0) is 17.4. The summed E-state index contributed by atoms with van der Waals surface area (Å²) in [7, 11) is 1.78. The van der Waals surface area contributed by atoms with Crippen molar-refractivity contribution < 1.29 is 4.79 Å². The molecule has 1 aliphatic rings. The third kappa shape index (κ3) is 6.34. The molecule has 0 atom stereocenters. The van der Waals surface area contributed by atoms with Gasteiger partial charge in [-0.3, -0.25) is 9.79 Å². The highest BCUT2D eigenvalue weighted by Crippen LogP contribution is 2.10. The monoisotopic (exact) mass is 456 g/mol. The first-order chi connectivity index (χ1) is 11.7. The van der Waals surface area contributed by atoms with Crippen LogP contribution in [0.5, 0.6) is 0 Å². The summed E-state index contributed by atoms with van der Waals surface area (Å²) in [6.07, 6.45) is 6.47. The number of rotatable bonds is 6. The fraction of sp³-hybridized carbons (Fsp3) is 0.474. The van der Waals surface area contributed by atoms with Crippen molar-refractivity contribution in [3.8, 4) is 0 Å². The maximum atomic E-state index is 12.3. The SMILES string of the molecule is CCN(CC)C(=O)c1ccc(CNC(=NC)NC2CC=CC2)cc1.I. The Bertz CT molecular complexity index is 586. The molecular formula is C19H29IN4O. The molecule has 0 heterocycles. The molecule has 0 saturated carbocycles. The van der Waals surface area contributed by atoms with Crippen LogP contribution in [0.3, 0.4) is 0 Å². The van der Waals surface area contributed by atoms with Crippen LogP contribution in [0.1, 0.15) is 42.6 Å². The highest BCUT2D eigenvalue weighted by Gasteiger charge is 2.13. The molecule has 0 saturated heterocycles. The molecule has 2 N–H and O–H groups in total. The lowest BCUT2D eigenvalue weighted by Crippen LogP contribution is -2.42. The molecule has 5 nitrogen and oxygen atoms in total. The van der Waals surface area contributed by atoms with Gasteiger partial charge in [-0.1, -0.05) is 24.3 Å². The van der Waals surface area contributed by atoms with E-state index in [2.05, 4.69) is 27.8 Å². The summed E-state index contributed by atoms with van der Waals surface area (Å²) in [4.78, 5) is 18.4. The number of nitrogens with zero attached hydrogens (tertiary/aromatic N) is 2. The third-order valence-corrected chi connectivity index (χ3v) is 4.28. The van der Waals surface area contributed by atoms with Gasteiger partial charge >= 0.3 is 0 Å². The van der Waals surface area contributed by atoms with E-state index < -0.39 is 0 Å². The molecule has 1 aliphatic carbocycles. The predicted molar refractivity (Wildman–Crippen MR) is 115 cm³/mol. The summed E-state index contributed by atoms with van der Waals surface area (Å²) in [5.41, 5.74) is 1.86. The first kappa shape index (κ1) is 21.5. The number of carbonyl (C=O) groups excluding carboxylic acids is 1. The van der Waals surface area contributed by atoms with E-state index in [9.17, 15) is 4.79 Å². The standard InChI is InChI=1S/C19H28N4O.HI/c1-4-23(5-2)18(24)16-12-10-15(11-13-16)14-21-19(20-3)22-17-8-6-7-9-17;/h6-7,10-13,17H,4-5,8-9,14H2,1-3H3,(H2,20,21,22);1H. The summed E-state index contributed by atoms with van der Waals surface area (Å²) >= 11 is 0. The number of carbonyl (C=O) groups is 1. The fourth-order valence-electron chi connectivity index (χ4n) is 2.77. The van der Waals surface area contributed by atoms with E-state index >= 15 is 0 Å². The van der Waals surface area contributed by atoms with Crippen molar-refractivity contribution in [2.24, 2.45) is 4.99 Å². The second-order valence-corrected chi connectivity index (χ2v) is 5.88. The van der Waals surface area contributed by atoms with E-state index in [1.807, 2.05) is 43.0 Å². The second-order valence-electron chi connectivity index (χ2n) is 5.88. The van der Waals surface area contributed by atoms with Crippen molar-refractivity contribution >= 4 is 35.8 Å². The Kier molecular flexibility index (Phi) is 9.55. The van der Waals surface area contributed by atoms with Gasteiger partial charge in [0.25, 0.3) is 5.91 Å². The van der Waals surface area contributed by atoms with Crippen molar-refractivity contribution in [2.45, 2.75) is 39.3 Å².